The zero-order valence-corrected chi connectivity index (χ0v) is 10.2. The minimum absolute atomic E-state index is 0.0172. The number of benzene rings is 1. The molecule has 5 N–H and O–H groups in total. The van der Waals surface area contributed by atoms with Gasteiger partial charge in [0.25, 0.3) is 0 Å². The summed E-state index contributed by atoms with van der Waals surface area (Å²) in [5, 5.41) is 8.30. The second kappa shape index (κ2) is 4.52. The van der Waals surface area contributed by atoms with Gasteiger partial charge >= 0.3 is 0 Å². The van der Waals surface area contributed by atoms with E-state index in [2.05, 4.69) is 10.2 Å². The van der Waals surface area contributed by atoms with Gasteiger partial charge in [-0.2, -0.15) is 0 Å². The van der Waals surface area contributed by atoms with Crippen molar-refractivity contribution < 1.29 is 8.42 Å². The molecule has 0 aromatic heterocycles. The smallest absolute Gasteiger partial charge is 0.240 e. The molecule has 94 valence electrons. The van der Waals surface area contributed by atoms with Gasteiger partial charge in [-0.15, -0.1) is 0 Å². The molecule has 0 radical (unpaired) electrons. The highest BCUT2D eigenvalue weighted by Gasteiger charge is 2.15. The van der Waals surface area contributed by atoms with Crippen molar-refractivity contribution in [2.24, 2.45) is 5.14 Å². The van der Waals surface area contributed by atoms with Crippen molar-refractivity contribution in [1.82, 2.24) is 5.32 Å². The molecule has 0 amide bonds. The van der Waals surface area contributed by atoms with Crippen LogP contribution in [0.3, 0.4) is 0 Å². The van der Waals surface area contributed by atoms with Crippen LogP contribution in [-0.2, 0) is 10.0 Å². The van der Waals surface area contributed by atoms with Crippen LogP contribution in [0.4, 0.5) is 11.4 Å². The molecule has 0 saturated carbocycles. The first-order valence-electron chi connectivity index (χ1n) is 5.36. The number of hydrogen-bond donors (Lipinski definition) is 3. The Labute approximate surface area is 101 Å². The second-order valence-corrected chi connectivity index (χ2v) is 5.53. The predicted molar refractivity (Wildman–Crippen MR) is 67.3 cm³/mol. The molecule has 0 spiro atoms. The summed E-state index contributed by atoms with van der Waals surface area (Å²) in [4.78, 5) is 2.14. The maximum Gasteiger partial charge on any atom is 0.240 e. The van der Waals surface area contributed by atoms with Gasteiger partial charge in [0.05, 0.1) is 5.69 Å². The summed E-state index contributed by atoms with van der Waals surface area (Å²) >= 11 is 0. The molecule has 0 bridgehead atoms. The molecule has 1 heterocycles. The predicted octanol–water partition coefficient (Wildman–Crippen LogP) is -0.674. The molecule has 1 saturated heterocycles. The highest BCUT2D eigenvalue weighted by Crippen LogP contribution is 2.24. The Kier molecular flexibility index (Phi) is 3.23. The van der Waals surface area contributed by atoms with Crippen molar-refractivity contribution in [1.29, 1.82) is 0 Å². The van der Waals surface area contributed by atoms with Crippen LogP contribution in [0.25, 0.3) is 0 Å². The Balaban J connectivity index is 2.30. The molecule has 0 aliphatic carbocycles. The van der Waals surface area contributed by atoms with Crippen LogP contribution in [0.5, 0.6) is 0 Å². The van der Waals surface area contributed by atoms with Gasteiger partial charge in [0, 0.05) is 31.9 Å². The molecule has 1 fully saturated rings. The Morgan fingerprint density at radius 1 is 1.24 bits per heavy atom. The number of rotatable bonds is 2. The Morgan fingerprint density at radius 3 is 2.41 bits per heavy atom. The van der Waals surface area contributed by atoms with Crippen molar-refractivity contribution in [3.63, 3.8) is 0 Å². The van der Waals surface area contributed by atoms with Crippen LogP contribution < -0.4 is 21.1 Å². The lowest BCUT2D eigenvalue weighted by atomic mass is 10.2. The number of sulfonamides is 1. The van der Waals surface area contributed by atoms with Crippen molar-refractivity contribution in [2.75, 3.05) is 36.8 Å². The summed E-state index contributed by atoms with van der Waals surface area (Å²) in [7, 11) is -3.74. The van der Waals surface area contributed by atoms with E-state index in [-0.39, 0.29) is 10.6 Å². The summed E-state index contributed by atoms with van der Waals surface area (Å²) in [6, 6.07) is 4.86. The molecule has 1 aromatic carbocycles. The van der Waals surface area contributed by atoms with Crippen LogP contribution in [0.2, 0.25) is 0 Å². The summed E-state index contributed by atoms with van der Waals surface area (Å²) in [6.07, 6.45) is 0. The number of nitrogens with one attached hydrogen (secondary N) is 1. The Hall–Kier alpha value is -1.31. The van der Waals surface area contributed by atoms with Crippen molar-refractivity contribution in [2.45, 2.75) is 4.90 Å². The SMILES string of the molecule is Nc1cc(N2CCNCC2)ccc1S(N)(=O)=O. The topological polar surface area (TPSA) is 101 Å². The molecule has 2 rings (SSSR count). The molecule has 1 aromatic rings. The monoisotopic (exact) mass is 256 g/mol. The molecular weight excluding hydrogens is 240 g/mol. The fourth-order valence-electron chi connectivity index (χ4n) is 1.91. The number of nitrogens with zero attached hydrogens (tertiary/aromatic N) is 1. The summed E-state index contributed by atoms with van der Waals surface area (Å²) in [6.45, 7) is 3.59. The van der Waals surface area contributed by atoms with Crippen LogP contribution in [0, 0.1) is 0 Å². The van der Waals surface area contributed by atoms with E-state index in [1.54, 1.807) is 12.1 Å². The normalized spacial score (nSPS) is 17.1. The minimum atomic E-state index is -3.74. The van der Waals surface area contributed by atoms with Crippen molar-refractivity contribution in [3.05, 3.63) is 18.2 Å². The lowest BCUT2D eigenvalue weighted by molar-refractivity contribution is 0.588. The molecule has 17 heavy (non-hydrogen) atoms. The van der Waals surface area contributed by atoms with Crippen LogP contribution in [0.1, 0.15) is 0 Å². The van der Waals surface area contributed by atoms with Gasteiger partial charge in [0.1, 0.15) is 4.90 Å². The van der Waals surface area contributed by atoms with E-state index in [0.29, 0.717) is 0 Å². The van der Waals surface area contributed by atoms with Crippen LogP contribution in [0.15, 0.2) is 23.1 Å². The van der Waals surface area contributed by atoms with Gasteiger partial charge in [-0.3, -0.25) is 0 Å². The maximum absolute atomic E-state index is 11.2. The molecule has 0 atom stereocenters. The van der Waals surface area contributed by atoms with E-state index in [9.17, 15) is 8.42 Å². The quantitative estimate of drug-likeness (QED) is 0.609. The Bertz CT molecular complexity index is 509. The molecule has 7 heteroatoms. The first-order chi connectivity index (χ1) is 7.98. The summed E-state index contributed by atoms with van der Waals surface area (Å²) in [5.74, 6) is 0. The van der Waals surface area contributed by atoms with E-state index in [4.69, 9.17) is 10.9 Å². The average Bonchev–Trinajstić information content (AvgIpc) is 2.28. The largest absolute Gasteiger partial charge is 0.398 e. The first-order valence-corrected chi connectivity index (χ1v) is 6.91. The van der Waals surface area contributed by atoms with E-state index in [0.717, 1.165) is 31.9 Å². The fourth-order valence-corrected chi connectivity index (χ4v) is 2.56. The Morgan fingerprint density at radius 2 is 1.88 bits per heavy atom. The third-order valence-corrected chi connectivity index (χ3v) is 3.77. The third-order valence-electron chi connectivity index (χ3n) is 2.78. The molecular formula is C10H16N4O2S. The van der Waals surface area contributed by atoms with Gasteiger partial charge in [0.2, 0.25) is 10.0 Å². The number of hydrogen-bond acceptors (Lipinski definition) is 5. The number of nitrogen functional groups attached to an aromatic ring is 1. The van der Waals surface area contributed by atoms with Gasteiger partial charge < -0.3 is 16.0 Å². The molecule has 1 aliphatic rings. The zero-order valence-electron chi connectivity index (χ0n) is 9.39. The van der Waals surface area contributed by atoms with E-state index in [1.807, 2.05) is 0 Å². The summed E-state index contributed by atoms with van der Waals surface area (Å²) in [5.41, 5.74) is 6.84. The van der Waals surface area contributed by atoms with Crippen LogP contribution in [-0.4, -0.2) is 34.6 Å². The molecule has 6 nitrogen and oxygen atoms in total. The highest BCUT2D eigenvalue weighted by atomic mass is 32.2. The second-order valence-electron chi connectivity index (χ2n) is 4.00. The van der Waals surface area contributed by atoms with E-state index in [1.165, 1.54) is 6.07 Å². The van der Waals surface area contributed by atoms with Gasteiger partial charge in [-0.05, 0) is 18.2 Å². The first kappa shape index (κ1) is 12.2. The number of nitrogens with two attached hydrogens (primary N) is 2. The molecule has 1 aliphatic heterocycles. The third kappa shape index (κ3) is 2.68. The van der Waals surface area contributed by atoms with E-state index >= 15 is 0 Å². The summed E-state index contributed by atoms with van der Waals surface area (Å²) < 4.78 is 22.4. The maximum atomic E-state index is 11.2. The van der Waals surface area contributed by atoms with Gasteiger partial charge in [-0.25, -0.2) is 13.6 Å². The number of piperazine rings is 1. The number of primary sulfonamides is 1. The lowest BCUT2D eigenvalue weighted by Crippen LogP contribution is -2.43. The zero-order chi connectivity index (χ0) is 12.5. The molecule has 0 unspecified atom stereocenters. The van der Waals surface area contributed by atoms with Gasteiger partial charge in [-0.1, -0.05) is 0 Å². The van der Waals surface area contributed by atoms with Crippen molar-refractivity contribution in [3.8, 4) is 0 Å². The standard InChI is InChI=1S/C10H16N4O2S/c11-9-7-8(14-5-3-13-4-6-14)1-2-10(9)17(12,15)16/h1-2,7,13H,3-6,11H2,(H2,12,15,16). The van der Waals surface area contributed by atoms with Crippen LogP contribution >= 0.6 is 0 Å². The minimum Gasteiger partial charge on any atom is -0.398 e. The fraction of sp³-hybridized carbons (Fsp3) is 0.400. The number of anilines is 2. The highest BCUT2D eigenvalue weighted by molar-refractivity contribution is 7.89. The van der Waals surface area contributed by atoms with Crippen molar-refractivity contribution >= 4 is 21.4 Å². The van der Waals surface area contributed by atoms with E-state index < -0.39 is 10.0 Å². The lowest BCUT2D eigenvalue weighted by Gasteiger charge is -2.29. The average molecular weight is 256 g/mol. The van der Waals surface area contributed by atoms with Gasteiger partial charge in [0.15, 0.2) is 0 Å².